The Morgan fingerprint density at radius 1 is 1.24 bits per heavy atom. The van der Waals surface area contributed by atoms with Crippen molar-refractivity contribution in [2.24, 2.45) is 5.84 Å². The smallest absolute Gasteiger partial charge is 0.271 e. The van der Waals surface area contributed by atoms with Crippen molar-refractivity contribution < 1.29 is 9.72 Å². The summed E-state index contributed by atoms with van der Waals surface area (Å²) < 4.78 is 0. The summed E-state index contributed by atoms with van der Waals surface area (Å²) in [6.07, 6.45) is 0. The number of carbonyl (C=O) groups is 1. The van der Waals surface area contributed by atoms with Crippen LogP contribution in [0.3, 0.4) is 0 Å². The Hall–Kier alpha value is -2.93. The molecule has 0 heterocycles. The van der Waals surface area contributed by atoms with E-state index < -0.39 is 10.8 Å². The zero-order chi connectivity index (χ0) is 15.4. The molecular formula is C14H14N4O3. The van der Waals surface area contributed by atoms with Crippen LogP contribution in [0.1, 0.15) is 15.9 Å². The number of hydrazine groups is 1. The van der Waals surface area contributed by atoms with Gasteiger partial charge < -0.3 is 10.7 Å². The zero-order valence-electron chi connectivity index (χ0n) is 11.3. The van der Waals surface area contributed by atoms with E-state index >= 15 is 0 Å². The minimum atomic E-state index is -0.519. The van der Waals surface area contributed by atoms with E-state index in [2.05, 4.69) is 10.7 Å². The third-order valence-corrected chi connectivity index (χ3v) is 2.89. The third kappa shape index (κ3) is 3.34. The van der Waals surface area contributed by atoms with Crippen molar-refractivity contribution in [3.8, 4) is 0 Å². The molecule has 2 aromatic carbocycles. The molecule has 1 amide bonds. The molecule has 0 saturated carbocycles. The van der Waals surface area contributed by atoms with Gasteiger partial charge in [0, 0.05) is 17.8 Å². The molecule has 0 spiro atoms. The van der Waals surface area contributed by atoms with Gasteiger partial charge in [-0.2, -0.15) is 0 Å². The number of benzene rings is 2. The fourth-order valence-electron chi connectivity index (χ4n) is 1.87. The van der Waals surface area contributed by atoms with Crippen molar-refractivity contribution in [1.29, 1.82) is 0 Å². The molecule has 0 aliphatic carbocycles. The molecule has 0 aromatic heterocycles. The standard InChI is InChI=1S/C14H14N4O3/c1-9-5-6-13(17-15)12(7-9)14(19)16-10-3-2-4-11(8-10)18(20)21/h2-8,17H,15H2,1H3,(H,16,19). The minimum Gasteiger partial charge on any atom is -0.323 e. The zero-order valence-corrected chi connectivity index (χ0v) is 11.3. The molecule has 0 bridgehead atoms. The van der Waals surface area contributed by atoms with E-state index in [0.29, 0.717) is 16.9 Å². The number of hydrogen-bond acceptors (Lipinski definition) is 5. The molecular weight excluding hydrogens is 272 g/mol. The molecule has 0 unspecified atom stereocenters. The van der Waals surface area contributed by atoms with Crippen LogP contribution in [0.5, 0.6) is 0 Å². The molecule has 0 aliphatic heterocycles. The van der Waals surface area contributed by atoms with E-state index in [1.54, 1.807) is 18.2 Å². The molecule has 0 aliphatic rings. The molecule has 2 aromatic rings. The lowest BCUT2D eigenvalue weighted by Crippen LogP contribution is -2.17. The number of aryl methyl sites for hydroxylation is 1. The summed E-state index contributed by atoms with van der Waals surface area (Å²) in [5.74, 6) is 4.98. The van der Waals surface area contributed by atoms with Crippen molar-refractivity contribution in [1.82, 2.24) is 0 Å². The van der Waals surface area contributed by atoms with E-state index in [1.807, 2.05) is 13.0 Å². The van der Waals surface area contributed by atoms with Crippen molar-refractivity contribution in [2.45, 2.75) is 6.92 Å². The van der Waals surface area contributed by atoms with Crippen LogP contribution < -0.4 is 16.6 Å². The summed E-state index contributed by atoms with van der Waals surface area (Å²) in [6.45, 7) is 1.85. The molecule has 21 heavy (non-hydrogen) atoms. The van der Waals surface area contributed by atoms with Crippen LogP contribution in [-0.4, -0.2) is 10.8 Å². The second-order valence-corrected chi connectivity index (χ2v) is 4.45. The van der Waals surface area contributed by atoms with Gasteiger partial charge in [0.1, 0.15) is 0 Å². The van der Waals surface area contributed by atoms with Crippen LogP contribution in [0.25, 0.3) is 0 Å². The molecule has 0 fully saturated rings. The first-order chi connectivity index (χ1) is 10.0. The maximum Gasteiger partial charge on any atom is 0.271 e. The molecule has 7 heteroatoms. The van der Waals surface area contributed by atoms with Crippen molar-refractivity contribution >= 4 is 23.0 Å². The summed E-state index contributed by atoms with van der Waals surface area (Å²) in [5, 5.41) is 13.3. The third-order valence-electron chi connectivity index (χ3n) is 2.89. The Morgan fingerprint density at radius 3 is 2.67 bits per heavy atom. The van der Waals surface area contributed by atoms with Gasteiger partial charge in [0.05, 0.1) is 16.2 Å². The van der Waals surface area contributed by atoms with Crippen LogP contribution in [0.15, 0.2) is 42.5 Å². The van der Waals surface area contributed by atoms with Crippen LogP contribution >= 0.6 is 0 Å². The average molecular weight is 286 g/mol. The number of nitrogens with two attached hydrogens (primary N) is 1. The number of nitrogens with zero attached hydrogens (tertiary/aromatic N) is 1. The van der Waals surface area contributed by atoms with E-state index in [4.69, 9.17) is 5.84 Å². The number of nitro benzene ring substituents is 1. The van der Waals surface area contributed by atoms with Gasteiger partial charge in [0.25, 0.3) is 11.6 Å². The topological polar surface area (TPSA) is 110 Å². The summed E-state index contributed by atoms with van der Waals surface area (Å²) >= 11 is 0. The first-order valence-electron chi connectivity index (χ1n) is 6.14. The van der Waals surface area contributed by atoms with Gasteiger partial charge in [-0.1, -0.05) is 17.7 Å². The Labute approximate surface area is 120 Å². The Balaban J connectivity index is 2.28. The molecule has 7 nitrogen and oxygen atoms in total. The Kier molecular flexibility index (Phi) is 4.15. The lowest BCUT2D eigenvalue weighted by molar-refractivity contribution is -0.384. The Bertz CT molecular complexity index is 700. The largest absolute Gasteiger partial charge is 0.323 e. The summed E-state index contributed by atoms with van der Waals surface area (Å²) in [7, 11) is 0. The highest BCUT2D eigenvalue weighted by atomic mass is 16.6. The first kappa shape index (κ1) is 14.5. The van der Waals surface area contributed by atoms with Crippen LogP contribution in [0, 0.1) is 17.0 Å². The number of rotatable bonds is 4. The summed E-state index contributed by atoms with van der Waals surface area (Å²) in [6, 6.07) is 10.9. The normalized spacial score (nSPS) is 10.0. The van der Waals surface area contributed by atoms with Gasteiger partial charge in [-0.15, -0.1) is 0 Å². The number of hydrogen-bond donors (Lipinski definition) is 3. The minimum absolute atomic E-state index is 0.0887. The number of carbonyl (C=O) groups excluding carboxylic acids is 1. The molecule has 0 saturated heterocycles. The fourth-order valence-corrected chi connectivity index (χ4v) is 1.87. The number of nitrogen functional groups attached to an aromatic ring is 1. The maximum absolute atomic E-state index is 12.3. The number of amides is 1. The van der Waals surface area contributed by atoms with E-state index in [9.17, 15) is 14.9 Å². The lowest BCUT2D eigenvalue weighted by atomic mass is 10.1. The second-order valence-electron chi connectivity index (χ2n) is 4.45. The van der Waals surface area contributed by atoms with Crippen molar-refractivity contribution in [2.75, 3.05) is 10.7 Å². The van der Waals surface area contributed by atoms with Crippen LogP contribution in [0.4, 0.5) is 17.1 Å². The molecule has 2 rings (SSSR count). The molecule has 4 N–H and O–H groups in total. The first-order valence-corrected chi connectivity index (χ1v) is 6.14. The van der Waals surface area contributed by atoms with Gasteiger partial charge in [-0.25, -0.2) is 0 Å². The quantitative estimate of drug-likeness (QED) is 0.454. The van der Waals surface area contributed by atoms with Gasteiger partial charge in [0.15, 0.2) is 0 Å². The van der Waals surface area contributed by atoms with Crippen molar-refractivity contribution in [3.05, 3.63) is 63.7 Å². The highest BCUT2D eigenvalue weighted by molar-refractivity contribution is 6.08. The monoisotopic (exact) mass is 286 g/mol. The Morgan fingerprint density at radius 2 is 2.00 bits per heavy atom. The highest BCUT2D eigenvalue weighted by Gasteiger charge is 2.13. The summed E-state index contributed by atoms with van der Waals surface area (Å²) in [5.41, 5.74) is 4.45. The fraction of sp³-hybridized carbons (Fsp3) is 0.0714. The number of anilines is 2. The predicted octanol–water partition coefficient (Wildman–Crippen LogP) is 2.44. The van der Waals surface area contributed by atoms with Gasteiger partial charge in [-0.05, 0) is 25.1 Å². The number of nitrogens with one attached hydrogen (secondary N) is 2. The molecule has 108 valence electrons. The van der Waals surface area contributed by atoms with E-state index in [1.165, 1.54) is 18.2 Å². The van der Waals surface area contributed by atoms with Gasteiger partial charge in [-0.3, -0.25) is 20.8 Å². The SMILES string of the molecule is Cc1ccc(NN)c(C(=O)Nc2cccc([N+](=O)[O-])c2)c1. The number of non-ortho nitro benzene ring substituents is 1. The van der Waals surface area contributed by atoms with E-state index in [0.717, 1.165) is 5.56 Å². The predicted molar refractivity (Wildman–Crippen MR) is 80.0 cm³/mol. The number of nitro groups is 1. The average Bonchev–Trinajstić information content (AvgIpc) is 2.47. The molecule has 0 radical (unpaired) electrons. The highest BCUT2D eigenvalue weighted by Crippen LogP contribution is 2.21. The lowest BCUT2D eigenvalue weighted by Gasteiger charge is -2.10. The van der Waals surface area contributed by atoms with E-state index in [-0.39, 0.29) is 5.69 Å². The van der Waals surface area contributed by atoms with Crippen LogP contribution in [0.2, 0.25) is 0 Å². The van der Waals surface area contributed by atoms with Crippen molar-refractivity contribution in [3.63, 3.8) is 0 Å². The summed E-state index contributed by atoms with van der Waals surface area (Å²) in [4.78, 5) is 22.5. The van der Waals surface area contributed by atoms with Gasteiger partial charge >= 0.3 is 0 Å². The van der Waals surface area contributed by atoms with Crippen LogP contribution in [-0.2, 0) is 0 Å². The molecule has 0 atom stereocenters. The maximum atomic E-state index is 12.3. The second kappa shape index (κ2) is 6.02. The van der Waals surface area contributed by atoms with Gasteiger partial charge in [0.2, 0.25) is 0 Å².